The third kappa shape index (κ3) is 3.35. The number of rotatable bonds is 5. The van der Waals surface area contributed by atoms with Crippen LogP contribution in [0.25, 0.3) is 0 Å². The van der Waals surface area contributed by atoms with E-state index in [2.05, 4.69) is 20.6 Å². The van der Waals surface area contributed by atoms with Gasteiger partial charge in [0.15, 0.2) is 0 Å². The van der Waals surface area contributed by atoms with E-state index in [1.807, 2.05) is 0 Å². The van der Waals surface area contributed by atoms with E-state index in [9.17, 15) is 9.59 Å². The standard InChI is InChI=1S/C13H18N4O2/c1-10(18)17-12(19)13(5-6-16-13)4-2-3-11-9-14-7-8-15-11/h7-9,16H,2-6H2,1H3,(H,17,18,19)/t13-/m0/s1. The SMILES string of the molecule is CC(=O)NC(=O)[C@]1(CCCc2cnccn2)CCN1. The maximum atomic E-state index is 12.0. The van der Waals surface area contributed by atoms with E-state index in [0.29, 0.717) is 6.42 Å². The summed E-state index contributed by atoms with van der Waals surface area (Å²) in [5, 5.41) is 5.52. The van der Waals surface area contributed by atoms with Crippen LogP contribution in [-0.2, 0) is 16.0 Å². The zero-order valence-electron chi connectivity index (χ0n) is 11.0. The molecular weight excluding hydrogens is 244 g/mol. The second-order valence-corrected chi connectivity index (χ2v) is 4.82. The van der Waals surface area contributed by atoms with Gasteiger partial charge in [-0.05, 0) is 32.2 Å². The van der Waals surface area contributed by atoms with Crippen LogP contribution in [0.3, 0.4) is 0 Å². The third-order valence-electron chi connectivity index (χ3n) is 3.39. The molecule has 102 valence electrons. The molecule has 2 rings (SSSR count). The highest BCUT2D eigenvalue weighted by Gasteiger charge is 2.43. The predicted molar refractivity (Wildman–Crippen MR) is 69.1 cm³/mol. The van der Waals surface area contributed by atoms with Crippen LogP contribution in [0.4, 0.5) is 0 Å². The number of imide groups is 1. The van der Waals surface area contributed by atoms with Crippen molar-refractivity contribution in [1.29, 1.82) is 0 Å². The molecule has 1 atom stereocenters. The quantitative estimate of drug-likeness (QED) is 0.791. The number of nitrogens with one attached hydrogen (secondary N) is 2. The lowest BCUT2D eigenvalue weighted by atomic mass is 9.81. The van der Waals surface area contributed by atoms with E-state index < -0.39 is 5.54 Å². The van der Waals surface area contributed by atoms with Gasteiger partial charge in [-0.25, -0.2) is 0 Å². The van der Waals surface area contributed by atoms with Crippen molar-refractivity contribution in [3.63, 3.8) is 0 Å². The number of hydrogen-bond acceptors (Lipinski definition) is 5. The summed E-state index contributed by atoms with van der Waals surface area (Å²) in [6.07, 6.45) is 8.11. The Morgan fingerprint density at radius 3 is 2.79 bits per heavy atom. The van der Waals surface area contributed by atoms with Gasteiger partial charge in [-0.2, -0.15) is 0 Å². The Morgan fingerprint density at radius 2 is 2.26 bits per heavy atom. The normalized spacial score (nSPS) is 21.5. The van der Waals surface area contributed by atoms with Crippen LogP contribution in [0.1, 0.15) is 31.9 Å². The second-order valence-electron chi connectivity index (χ2n) is 4.82. The van der Waals surface area contributed by atoms with Gasteiger partial charge in [0.2, 0.25) is 11.8 Å². The maximum Gasteiger partial charge on any atom is 0.246 e. The molecule has 0 aliphatic carbocycles. The van der Waals surface area contributed by atoms with Crippen LogP contribution in [0.2, 0.25) is 0 Å². The number of carbonyl (C=O) groups excluding carboxylic acids is 2. The van der Waals surface area contributed by atoms with E-state index in [4.69, 9.17) is 0 Å². The molecule has 1 saturated heterocycles. The van der Waals surface area contributed by atoms with E-state index in [1.165, 1.54) is 6.92 Å². The molecular formula is C13H18N4O2. The summed E-state index contributed by atoms with van der Waals surface area (Å²) in [5.74, 6) is -0.530. The second kappa shape index (κ2) is 5.88. The minimum Gasteiger partial charge on any atom is -0.303 e. The molecule has 2 N–H and O–H groups in total. The highest BCUT2D eigenvalue weighted by molar-refractivity contribution is 5.99. The van der Waals surface area contributed by atoms with E-state index in [1.54, 1.807) is 18.6 Å². The average molecular weight is 262 g/mol. The summed E-state index contributed by atoms with van der Waals surface area (Å²) < 4.78 is 0. The summed E-state index contributed by atoms with van der Waals surface area (Å²) in [5.41, 5.74) is 0.345. The average Bonchev–Trinajstić information content (AvgIpc) is 2.32. The fourth-order valence-corrected chi connectivity index (χ4v) is 2.26. The summed E-state index contributed by atoms with van der Waals surface area (Å²) in [6, 6.07) is 0. The van der Waals surface area contributed by atoms with Crippen molar-refractivity contribution in [3.8, 4) is 0 Å². The minimum atomic E-state index is -0.576. The van der Waals surface area contributed by atoms with E-state index in [0.717, 1.165) is 31.5 Å². The van der Waals surface area contributed by atoms with Crippen molar-refractivity contribution >= 4 is 11.8 Å². The smallest absolute Gasteiger partial charge is 0.246 e. The van der Waals surface area contributed by atoms with Gasteiger partial charge in [0.25, 0.3) is 0 Å². The molecule has 2 heterocycles. The number of amides is 2. The van der Waals surface area contributed by atoms with Crippen LogP contribution in [0, 0.1) is 0 Å². The van der Waals surface area contributed by atoms with Gasteiger partial charge < -0.3 is 5.32 Å². The van der Waals surface area contributed by atoms with Crippen LogP contribution in [0.15, 0.2) is 18.6 Å². The Kier molecular flexibility index (Phi) is 4.21. The monoisotopic (exact) mass is 262 g/mol. The van der Waals surface area contributed by atoms with Crippen LogP contribution in [0.5, 0.6) is 0 Å². The van der Waals surface area contributed by atoms with Crippen LogP contribution in [-0.4, -0.2) is 33.9 Å². The lowest BCUT2D eigenvalue weighted by Gasteiger charge is -2.41. The summed E-state index contributed by atoms with van der Waals surface area (Å²) in [7, 11) is 0. The van der Waals surface area contributed by atoms with E-state index in [-0.39, 0.29) is 11.8 Å². The number of aromatic nitrogens is 2. The Labute approximate surface area is 112 Å². The van der Waals surface area contributed by atoms with Gasteiger partial charge in [0.1, 0.15) is 0 Å². The summed E-state index contributed by atoms with van der Waals surface area (Å²) in [4.78, 5) is 31.1. The Bertz CT molecular complexity index is 457. The lowest BCUT2D eigenvalue weighted by Crippen LogP contribution is -2.66. The first-order chi connectivity index (χ1) is 9.12. The highest BCUT2D eigenvalue weighted by Crippen LogP contribution is 2.25. The molecule has 1 aliphatic heterocycles. The Morgan fingerprint density at radius 1 is 1.47 bits per heavy atom. The molecule has 1 aliphatic rings. The fraction of sp³-hybridized carbons (Fsp3) is 0.538. The molecule has 0 radical (unpaired) electrons. The van der Waals surface area contributed by atoms with Gasteiger partial charge >= 0.3 is 0 Å². The first-order valence-electron chi connectivity index (χ1n) is 6.44. The van der Waals surface area contributed by atoms with Crippen molar-refractivity contribution < 1.29 is 9.59 Å². The first-order valence-corrected chi connectivity index (χ1v) is 6.44. The molecule has 6 nitrogen and oxygen atoms in total. The Balaban J connectivity index is 1.85. The molecule has 6 heteroatoms. The zero-order chi connectivity index (χ0) is 13.7. The molecule has 2 amide bonds. The third-order valence-corrected chi connectivity index (χ3v) is 3.39. The van der Waals surface area contributed by atoms with E-state index >= 15 is 0 Å². The van der Waals surface area contributed by atoms with Gasteiger partial charge in [-0.1, -0.05) is 0 Å². The largest absolute Gasteiger partial charge is 0.303 e. The molecule has 0 aromatic carbocycles. The van der Waals surface area contributed by atoms with Gasteiger partial charge in [-0.3, -0.25) is 24.9 Å². The molecule has 1 fully saturated rings. The van der Waals surface area contributed by atoms with Gasteiger partial charge in [-0.15, -0.1) is 0 Å². The summed E-state index contributed by atoms with van der Waals surface area (Å²) >= 11 is 0. The molecule has 0 bridgehead atoms. The van der Waals surface area contributed by atoms with Gasteiger partial charge in [0.05, 0.1) is 11.2 Å². The molecule has 1 aromatic rings. The number of nitrogens with zero attached hydrogens (tertiary/aromatic N) is 2. The molecule has 1 aromatic heterocycles. The highest BCUT2D eigenvalue weighted by atomic mass is 16.2. The maximum absolute atomic E-state index is 12.0. The number of hydrogen-bond donors (Lipinski definition) is 2. The fourth-order valence-electron chi connectivity index (χ4n) is 2.26. The first kappa shape index (κ1) is 13.6. The van der Waals surface area contributed by atoms with Crippen molar-refractivity contribution in [2.24, 2.45) is 0 Å². The van der Waals surface area contributed by atoms with Gasteiger partial charge in [0, 0.05) is 25.5 Å². The molecule has 0 spiro atoms. The number of aryl methyl sites for hydroxylation is 1. The van der Waals surface area contributed by atoms with Crippen molar-refractivity contribution in [3.05, 3.63) is 24.3 Å². The topological polar surface area (TPSA) is 84.0 Å². The molecule has 0 saturated carbocycles. The van der Waals surface area contributed by atoms with Crippen LogP contribution < -0.4 is 10.6 Å². The van der Waals surface area contributed by atoms with Crippen molar-refractivity contribution in [2.75, 3.05) is 6.54 Å². The van der Waals surface area contributed by atoms with Crippen molar-refractivity contribution in [2.45, 2.75) is 38.1 Å². The Hall–Kier alpha value is -1.82. The molecule has 19 heavy (non-hydrogen) atoms. The molecule has 0 unspecified atom stereocenters. The van der Waals surface area contributed by atoms with Crippen molar-refractivity contribution in [1.82, 2.24) is 20.6 Å². The zero-order valence-corrected chi connectivity index (χ0v) is 11.0. The summed E-state index contributed by atoms with van der Waals surface area (Å²) in [6.45, 7) is 2.17. The minimum absolute atomic E-state index is 0.217. The number of carbonyl (C=O) groups is 2. The lowest BCUT2D eigenvalue weighted by molar-refractivity contribution is -0.136. The predicted octanol–water partition coefficient (Wildman–Crippen LogP) is 0.194. The van der Waals surface area contributed by atoms with Crippen LogP contribution >= 0.6 is 0 Å².